The number of halogens is 2. The highest BCUT2D eigenvalue weighted by Crippen LogP contribution is 2.23. The molecule has 1 saturated carbocycles. The highest BCUT2D eigenvalue weighted by Gasteiger charge is 2.31. The summed E-state index contributed by atoms with van der Waals surface area (Å²) in [5, 5.41) is 3.39. The molecule has 1 N–H and O–H groups in total. The zero-order valence-corrected chi connectivity index (χ0v) is 10.8. The molecule has 1 heterocycles. The molecule has 1 aromatic heterocycles. The van der Waals surface area contributed by atoms with Crippen molar-refractivity contribution in [3.05, 3.63) is 28.0 Å². The molecule has 0 radical (unpaired) electrons. The molecule has 17 heavy (non-hydrogen) atoms. The Hall–Kier alpha value is -0.840. The number of hydrogen-bond donors (Lipinski definition) is 1. The van der Waals surface area contributed by atoms with E-state index >= 15 is 0 Å². The van der Waals surface area contributed by atoms with Crippen LogP contribution in [0.1, 0.15) is 23.3 Å². The predicted molar refractivity (Wildman–Crippen MR) is 65.5 cm³/mol. The summed E-state index contributed by atoms with van der Waals surface area (Å²) in [7, 11) is 1.66. The topological polar surface area (TPSA) is 51.2 Å². The van der Waals surface area contributed by atoms with Crippen LogP contribution in [-0.4, -0.2) is 30.1 Å². The lowest BCUT2D eigenvalue weighted by Crippen LogP contribution is -2.47. The first-order valence-electron chi connectivity index (χ1n) is 5.26. The van der Waals surface area contributed by atoms with Crippen LogP contribution in [0.4, 0.5) is 0 Å². The molecule has 0 atom stereocenters. The SMILES string of the molecule is COC1CC(NC(=O)c2nc(Cl)ccc2Cl)C1. The van der Waals surface area contributed by atoms with Gasteiger partial charge in [0.15, 0.2) is 0 Å². The van der Waals surface area contributed by atoms with Crippen LogP contribution in [-0.2, 0) is 4.74 Å². The van der Waals surface area contributed by atoms with E-state index in [4.69, 9.17) is 27.9 Å². The Kier molecular flexibility index (Phi) is 3.86. The van der Waals surface area contributed by atoms with Gasteiger partial charge in [-0.25, -0.2) is 4.98 Å². The van der Waals surface area contributed by atoms with E-state index in [0.29, 0.717) is 5.02 Å². The van der Waals surface area contributed by atoms with Crippen molar-refractivity contribution in [2.75, 3.05) is 7.11 Å². The number of pyridine rings is 1. The molecule has 1 aromatic rings. The van der Waals surface area contributed by atoms with Crippen molar-refractivity contribution in [2.24, 2.45) is 0 Å². The number of aromatic nitrogens is 1. The van der Waals surface area contributed by atoms with Crippen LogP contribution >= 0.6 is 23.2 Å². The van der Waals surface area contributed by atoms with Crippen LogP contribution in [0.2, 0.25) is 10.2 Å². The second-order valence-corrected chi connectivity index (χ2v) is 4.76. The van der Waals surface area contributed by atoms with E-state index < -0.39 is 0 Å². The zero-order valence-electron chi connectivity index (χ0n) is 9.24. The quantitative estimate of drug-likeness (QED) is 0.861. The number of methoxy groups -OCH3 is 1. The summed E-state index contributed by atoms with van der Waals surface area (Å²) in [5.41, 5.74) is 0.167. The van der Waals surface area contributed by atoms with Crippen molar-refractivity contribution < 1.29 is 9.53 Å². The van der Waals surface area contributed by atoms with Crippen LogP contribution in [0.3, 0.4) is 0 Å². The number of rotatable bonds is 3. The molecule has 2 rings (SSSR count). The molecule has 0 saturated heterocycles. The van der Waals surface area contributed by atoms with E-state index in [2.05, 4.69) is 10.3 Å². The van der Waals surface area contributed by atoms with Gasteiger partial charge < -0.3 is 10.1 Å². The van der Waals surface area contributed by atoms with Crippen LogP contribution < -0.4 is 5.32 Å². The number of hydrogen-bond acceptors (Lipinski definition) is 3. The highest BCUT2D eigenvalue weighted by atomic mass is 35.5. The first kappa shape index (κ1) is 12.6. The molecule has 0 aliphatic heterocycles. The summed E-state index contributed by atoms with van der Waals surface area (Å²) < 4.78 is 5.13. The van der Waals surface area contributed by atoms with Gasteiger partial charge in [0.1, 0.15) is 10.8 Å². The second kappa shape index (κ2) is 5.21. The van der Waals surface area contributed by atoms with Crippen molar-refractivity contribution in [1.82, 2.24) is 10.3 Å². The van der Waals surface area contributed by atoms with Crippen molar-refractivity contribution in [1.29, 1.82) is 0 Å². The van der Waals surface area contributed by atoms with E-state index in [-0.39, 0.29) is 28.9 Å². The Morgan fingerprint density at radius 1 is 1.47 bits per heavy atom. The van der Waals surface area contributed by atoms with E-state index in [1.54, 1.807) is 19.2 Å². The first-order valence-corrected chi connectivity index (χ1v) is 6.01. The maximum atomic E-state index is 11.9. The molecule has 0 aromatic carbocycles. The second-order valence-electron chi connectivity index (χ2n) is 3.96. The Balaban J connectivity index is 1.98. The molecule has 0 spiro atoms. The van der Waals surface area contributed by atoms with E-state index in [1.165, 1.54) is 0 Å². The van der Waals surface area contributed by atoms with Gasteiger partial charge in [-0.15, -0.1) is 0 Å². The summed E-state index contributed by atoms with van der Waals surface area (Å²) in [4.78, 5) is 15.8. The molecule has 1 amide bonds. The fourth-order valence-electron chi connectivity index (χ4n) is 1.71. The first-order chi connectivity index (χ1) is 8.10. The summed E-state index contributed by atoms with van der Waals surface area (Å²) in [6, 6.07) is 3.24. The summed E-state index contributed by atoms with van der Waals surface area (Å²) in [6.07, 6.45) is 1.88. The summed E-state index contributed by atoms with van der Waals surface area (Å²) in [5.74, 6) is -0.294. The van der Waals surface area contributed by atoms with Gasteiger partial charge in [-0.2, -0.15) is 0 Å². The maximum absolute atomic E-state index is 11.9. The van der Waals surface area contributed by atoms with Gasteiger partial charge in [0.05, 0.1) is 11.1 Å². The minimum Gasteiger partial charge on any atom is -0.381 e. The van der Waals surface area contributed by atoms with Gasteiger partial charge in [0, 0.05) is 13.2 Å². The molecule has 1 fully saturated rings. The van der Waals surface area contributed by atoms with Crippen LogP contribution in [0.25, 0.3) is 0 Å². The van der Waals surface area contributed by atoms with Crippen LogP contribution in [0.5, 0.6) is 0 Å². The van der Waals surface area contributed by atoms with Gasteiger partial charge >= 0.3 is 0 Å². The molecular formula is C11H12Cl2N2O2. The molecule has 0 bridgehead atoms. The lowest BCUT2D eigenvalue weighted by molar-refractivity contribution is 0.0175. The Labute approximate surface area is 109 Å². The lowest BCUT2D eigenvalue weighted by Gasteiger charge is -2.34. The summed E-state index contributed by atoms with van der Waals surface area (Å²) >= 11 is 11.6. The third-order valence-corrected chi connectivity index (χ3v) is 3.31. The normalized spacial score (nSPS) is 23.0. The fraction of sp³-hybridized carbons (Fsp3) is 0.455. The smallest absolute Gasteiger partial charge is 0.271 e. The fourth-order valence-corrected chi connectivity index (χ4v) is 2.05. The number of ether oxygens (including phenoxy) is 1. The highest BCUT2D eigenvalue weighted by molar-refractivity contribution is 6.34. The third-order valence-electron chi connectivity index (χ3n) is 2.79. The maximum Gasteiger partial charge on any atom is 0.271 e. The van der Waals surface area contributed by atoms with Crippen molar-refractivity contribution in [2.45, 2.75) is 25.0 Å². The minimum atomic E-state index is -0.294. The minimum absolute atomic E-state index is 0.129. The van der Waals surface area contributed by atoms with Crippen molar-refractivity contribution in [3.63, 3.8) is 0 Å². The monoisotopic (exact) mass is 274 g/mol. The van der Waals surface area contributed by atoms with Crippen molar-refractivity contribution in [3.8, 4) is 0 Å². The van der Waals surface area contributed by atoms with E-state index in [1.807, 2.05) is 0 Å². The molecule has 1 aliphatic carbocycles. The Morgan fingerprint density at radius 2 is 2.18 bits per heavy atom. The van der Waals surface area contributed by atoms with Gasteiger partial charge in [-0.05, 0) is 25.0 Å². The molecular weight excluding hydrogens is 263 g/mol. The average Bonchev–Trinajstić information content (AvgIpc) is 2.25. The standard InChI is InChI=1S/C11H12Cl2N2O2/c1-17-7-4-6(5-7)14-11(16)10-8(12)2-3-9(13)15-10/h2-3,6-7H,4-5H2,1H3,(H,14,16). The average molecular weight is 275 g/mol. The molecule has 4 nitrogen and oxygen atoms in total. The van der Waals surface area contributed by atoms with Gasteiger partial charge in [0.25, 0.3) is 5.91 Å². The lowest BCUT2D eigenvalue weighted by atomic mass is 9.89. The number of amides is 1. The van der Waals surface area contributed by atoms with Crippen molar-refractivity contribution >= 4 is 29.1 Å². The predicted octanol–water partition coefficient (Wildman–Crippen LogP) is 2.30. The van der Waals surface area contributed by atoms with Crippen LogP contribution in [0, 0.1) is 0 Å². The summed E-state index contributed by atoms with van der Waals surface area (Å²) in [6.45, 7) is 0. The third kappa shape index (κ3) is 2.89. The number of nitrogens with zero attached hydrogens (tertiary/aromatic N) is 1. The largest absolute Gasteiger partial charge is 0.381 e. The number of nitrogens with one attached hydrogen (secondary N) is 1. The van der Waals surface area contributed by atoms with Crippen LogP contribution in [0.15, 0.2) is 12.1 Å². The molecule has 0 unspecified atom stereocenters. The van der Waals surface area contributed by atoms with E-state index in [9.17, 15) is 4.79 Å². The Morgan fingerprint density at radius 3 is 2.82 bits per heavy atom. The van der Waals surface area contributed by atoms with Gasteiger partial charge in [-0.1, -0.05) is 23.2 Å². The molecule has 92 valence electrons. The molecule has 1 aliphatic rings. The molecule has 6 heteroatoms. The Bertz CT molecular complexity index is 433. The van der Waals surface area contributed by atoms with Gasteiger partial charge in [0.2, 0.25) is 0 Å². The zero-order chi connectivity index (χ0) is 12.4. The number of carbonyl (C=O) groups excluding carboxylic acids is 1. The van der Waals surface area contributed by atoms with E-state index in [0.717, 1.165) is 12.8 Å². The number of carbonyl (C=O) groups is 1. The van der Waals surface area contributed by atoms with Gasteiger partial charge in [-0.3, -0.25) is 4.79 Å².